The molecule has 1 saturated heterocycles. The molecule has 3 rings (SSSR count). The summed E-state index contributed by atoms with van der Waals surface area (Å²) in [7, 11) is 0. The van der Waals surface area contributed by atoms with Crippen LogP contribution in [0.3, 0.4) is 0 Å². The van der Waals surface area contributed by atoms with Crippen molar-refractivity contribution >= 4 is 5.91 Å². The average Bonchev–Trinajstić information content (AvgIpc) is 3.04. The number of aliphatic hydroxyl groups excluding tert-OH is 1. The Kier molecular flexibility index (Phi) is 3.07. The van der Waals surface area contributed by atoms with Gasteiger partial charge in [-0.2, -0.15) is 5.10 Å². The summed E-state index contributed by atoms with van der Waals surface area (Å²) < 4.78 is 0. The van der Waals surface area contributed by atoms with Gasteiger partial charge in [0.25, 0.3) is 5.91 Å². The fourth-order valence-corrected chi connectivity index (χ4v) is 3.09. The second kappa shape index (κ2) is 4.72. The number of nitrogens with one attached hydrogen (secondary N) is 1. The molecule has 0 bridgehead atoms. The maximum absolute atomic E-state index is 12.5. The molecule has 2 aliphatic rings. The molecule has 0 saturated carbocycles. The Bertz CT molecular complexity index is 455. The second-order valence-electron chi connectivity index (χ2n) is 5.21. The summed E-state index contributed by atoms with van der Waals surface area (Å²) >= 11 is 0. The molecule has 0 aromatic carbocycles. The van der Waals surface area contributed by atoms with Crippen molar-refractivity contribution in [2.24, 2.45) is 0 Å². The molecule has 1 unspecified atom stereocenters. The van der Waals surface area contributed by atoms with Gasteiger partial charge >= 0.3 is 0 Å². The standard InChI is InChI=1S/C13H19N3O2/c17-8-9-4-3-7-16(9)13(18)12-10-5-1-2-6-11(10)14-15-12/h9,17H,1-8H2,(H,14,15). The molecule has 0 radical (unpaired) electrons. The van der Waals surface area contributed by atoms with Crippen LogP contribution < -0.4 is 0 Å². The number of aromatic amines is 1. The SMILES string of the molecule is O=C(c1n[nH]c2c1CCCC2)N1CCCC1CO. The molecule has 5 nitrogen and oxygen atoms in total. The Morgan fingerprint density at radius 3 is 3.06 bits per heavy atom. The van der Waals surface area contributed by atoms with E-state index in [-0.39, 0.29) is 18.6 Å². The van der Waals surface area contributed by atoms with Crippen LogP contribution >= 0.6 is 0 Å². The number of hydrogen-bond acceptors (Lipinski definition) is 3. The Hall–Kier alpha value is -1.36. The Labute approximate surface area is 106 Å². The highest BCUT2D eigenvalue weighted by atomic mass is 16.3. The lowest BCUT2D eigenvalue weighted by Gasteiger charge is -2.22. The summed E-state index contributed by atoms with van der Waals surface area (Å²) in [5, 5.41) is 16.5. The van der Waals surface area contributed by atoms with E-state index in [0.29, 0.717) is 5.69 Å². The maximum Gasteiger partial charge on any atom is 0.274 e. The third-order valence-electron chi connectivity index (χ3n) is 4.11. The van der Waals surface area contributed by atoms with Gasteiger partial charge in [-0.15, -0.1) is 0 Å². The molecule has 2 heterocycles. The predicted octanol–water partition coefficient (Wildman–Crippen LogP) is 0.885. The first kappa shape index (κ1) is 11.7. The zero-order valence-electron chi connectivity index (χ0n) is 10.5. The normalized spacial score (nSPS) is 23.2. The molecule has 1 amide bonds. The van der Waals surface area contributed by atoms with Crippen LogP contribution in [0, 0.1) is 0 Å². The van der Waals surface area contributed by atoms with Gasteiger partial charge in [0.1, 0.15) is 0 Å². The van der Waals surface area contributed by atoms with E-state index < -0.39 is 0 Å². The van der Waals surface area contributed by atoms with Gasteiger partial charge in [-0.1, -0.05) is 0 Å². The summed E-state index contributed by atoms with van der Waals surface area (Å²) in [5.74, 6) is -0.00838. The number of amides is 1. The molecule has 5 heteroatoms. The zero-order valence-corrected chi connectivity index (χ0v) is 10.5. The van der Waals surface area contributed by atoms with Crippen molar-refractivity contribution in [3.05, 3.63) is 17.0 Å². The molecule has 18 heavy (non-hydrogen) atoms. The van der Waals surface area contributed by atoms with Crippen molar-refractivity contribution in [2.75, 3.05) is 13.2 Å². The third-order valence-corrected chi connectivity index (χ3v) is 4.11. The van der Waals surface area contributed by atoms with Crippen molar-refractivity contribution in [2.45, 2.75) is 44.6 Å². The van der Waals surface area contributed by atoms with E-state index in [1.165, 1.54) is 6.42 Å². The summed E-state index contributed by atoms with van der Waals surface area (Å²) in [6.07, 6.45) is 6.13. The molecule has 1 aromatic rings. The van der Waals surface area contributed by atoms with Gasteiger partial charge in [-0.3, -0.25) is 9.89 Å². The van der Waals surface area contributed by atoms with Crippen molar-refractivity contribution in [1.29, 1.82) is 0 Å². The van der Waals surface area contributed by atoms with Gasteiger partial charge in [-0.05, 0) is 38.5 Å². The van der Waals surface area contributed by atoms with Gasteiger partial charge < -0.3 is 10.0 Å². The summed E-state index contributed by atoms with van der Waals surface area (Å²) in [5.41, 5.74) is 2.82. The van der Waals surface area contributed by atoms with Crippen LogP contribution in [-0.2, 0) is 12.8 Å². The van der Waals surface area contributed by atoms with E-state index in [1.54, 1.807) is 4.90 Å². The number of carbonyl (C=O) groups is 1. The van der Waals surface area contributed by atoms with Crippen LogP contribution in [0.25, 0.3) is 0 Å². The number of rotatable bonds is 2. The van der Waals surface area contributed by atoms with E-state index in [2.05, 4.69) is 10.2 Å². The van der Waals surface area contributed by atoms with Gasteiger partial charge in [0.2, 0.25) is 0 Å². The molecule has 1 aliphatic carbocycles. The Balaban J connectivity index is 1.86. The fourth-order valence-electron chi connectivity index (χ4n) is 3.09. The van der Waals surface area contributed by atoms with Crippen molar-refractivity contribution in [3.8, 4) is 0 Å². The van der Waals surface area contributed by atoms with E-state index in [4.69, 9.17) is 0 Å². The molecule has 1 atom stereocenters. The topological polar surface area (TPSA) is 69.2 Å². The first-order chi connectivity index (χ1) is 8.81. The number of hydrogen-bond donors (Lipinski definition) is 2. The summed E-state index contributed by atoms with van der Waals surface area (Å²) in [4.78, 5) is 14.3. The predicted molar refractivity (Wildman–Crippen MR) is 66.4 cm³/mol. The van der Waals surface area contributed by atoms with E-state index in [1.807, 2.05) is 0 Å². The van der Waals surface area contributed by atoms with Gasteiger partial charge in [0.05, 0.1) is 12.6 Å². The van der Waals surface area contributed by atoms with Crippen LogP contribution in [0.1, 0.15) is 47.4 Å². The van der Waals surface area contributed by atoms with Gasteiger partial charge in [-0.25, -0.2) is 0 Å². The molecule has 1 fully saturated rings. The minimum atomic E-state index is -0.0200. The second-order valence-corrected chi connectivity index (χ2v) is 5.21. The van der Waals surface area contributed by atoms with Crippen molar-refractivity contribution < 1.29 is 9.90 Å². The lowest BCUT2D eigenvalue weighted by molar-refractivity contribution is 0.0670. The number of aromatic nitrogens is 2. The first-order valence-corrected chi connectivity index (χ1v) is 6.79. The highest BCUT2D eigenvalue weighted by molar-refractivity contribution is 5.94. The molecular weight excluding hydrogens is 230 g/mol. The van der Waals surface area contributed by atoms with Crippen LogP contribution in [0.5, 0.6) is 0 Å². The molecule has 1 aliphatic heterocycles. The van der Waals surface area contributed by atoms with Gasteiger partial charge in [0.15, 0.2) is 5.69 Å². The van der Waals surface area contributed by atoms with E-state index >= 15 is 0 Å². The lowest BCUT2D eigenvalue weighted by atomic mass is 9.95. The zero-order chi connectivity index (χ0) is 12.5. The van der Waals surface area contributed by atoms with Crippen molar-refractivity contribution in [1.82, 2.24) is 15.1 Å². The largest absolute Gasteiger partial charge is 0.394 e. The minimum absolute atomic E-state index is 0.00838. The van der Waals surface area contributed by atoms with Crippen molar-refractivity contribution in [3.63, 3.8) is 0 Å². The fraction of sp³-hybridized carbons (Fsp3) is 0.692. The van der Waals surface area contributed by atoms with Crippen LogP contribution in [0.2, 0.25) is 0 Å². The maximum atomic E-state index is 12.5. The number of fused-ring (bicyclic) bond motifs is 1. The number of nitrogens with zero attached hydrogens (tertiary/aromatic N) is 2. The minimum Gasteiger partial charge on any atom is -0.394 e. The van der Waals surface area contributed by atoms with Crippen LogP contribution in [-0.4, -0.2) is 45.3 Å². The number of aliphatic hydroxyl groups is 1. The molecule has 2 N–H and O–H groups in total. The molecular formula is C13H19N3O2. The van der Waals surface area contributed by atoms with Crippen LogP contribution in [0.15, 0.2) is 0 Å². The highest BCUT2D eigenvalue weighted by Crippen LogP contribution is 2.25. The number of carbonyl (C=O) groups excluding carboxylic acids is 1. The smallest absolute Gasteiger partial charge is 0.274 e. The quantitative estimate of drug-likeness (QED) is 0.817. The average molecular weight is 249 g/mol. The van der Waals surface area contributed by atoms with Gasteiger partial charge in [0, 0.05) is 17.8 Å². The summed E-state index contributed by atoms with van der Waals surface area (Å²) in [6.45, 7) is 0.796. The van der Waals surface area contributed by atoms with E-state index in [0.717, 1.165) is 49.9 Å². The lowest BCUT2D eigenvalue weighted by Crippen LogP contribution is -2.38. The Morgan fingerprint density at radius 2 is 2.22 bits per heavy atom. The number of aryl methyl sites for hydroxylation is 1. The molecule has 98 valence electrons. The third kappa shape index (κ3) is 1.82. The van der Waals surface area contributed by atoms with Crippen LogP contribution in [0.4, 0.5) is 0 Å². The first-order valence-electron chi connectivity index (χ1n) is 6.79. The van der Waals surface area contributed by atoms with E-state index in [9.17, 15) is 9.90 Å². The molecule has 0 spiro atoms. The highest BCUT2D eigenvalue weighted by Gasteiger charge is 2.32. The number of H-pyrrole nitrogens is 1. The monoisotopic (exact) mass is 249 g/mol. The summed E-state index contributed by atoms with van der Waals surface area (Å²) in [6, 6.07) is -0.0200. The number of likely N-dealkylation sites (tertiary alicyclic amines) is 1. The Morgan fingerprint density at radius 1 is 1.39 bits per heavy atom. The molecule has 1 aromatic heterocycles.